The second-order valence-electron chi connectivity index (χ2n) is 1.29. The third-order valence-corrected chi connectivity index (χ3v) is 0.987. The Morgan fingerprint density at radius 3 is 3.00 bits per heavy atom. The van der Waals surface area contributed by atoms with Crippen molar-refractivity contribution in [1.82, 2.24) is 9.97 Å². The van der Waals surface area contributed by atoms with Crippen molar-refractivity contribution in [3.05, 3.63) is 22.8 Å². The molecule has 0 saturated carbocycles. The summed E-state index contributed by atoms with van der Waals surface area (Å²) in [5.74, 6) is -0.768. The highest BCUT2D eigenvalue weighted by Gasteiger charge is 1.90. The van der Waals surface area contributed by atoms with Crippen LogP contribution in [0.5, 0.6) is 0 Å². The molecule has 0 aliphatic carbocycles. The topological polar surface area (TPSA) is 73.1 Å². The average molecular weight is 158 g/mol. The maximum atomic E-state index is 10.3. The van der Waals surface area contributed by atoms with Gasteiger partial charge in [0, 0.05) is 0 Å². The first kappa shape index (κ1) is 6.81. The molecule has 0 fully saturated rings. The van der Waals surface area contributed by atoms with Crippen molar-refractivity contribution in [2.75, 3.05) is 0 Å². The SMILES string of the molecule is O=S=Cc1ncnc(=O)o1. The number of aromatic nitrogens is 2. The summed E-state index contributed by atoms with van der Waals surface area (Å²) < 4.78 is 14.2. The first-order chi connectivity index (χ1) is 4.83. The van der Waals surface area contributed by atoms with E-state index < -0.39 is 5.76 Å². The van der Waals surface area contributed by atoms with Gasteiger partial charge in [0.25, 0.3) is 0 Å². The molecule has 0 aliphatic rings. The molecule has 6 heteroatoms. The standard InChI is InChI=1S/C4H2N2O3S/c7-4-6-2-5-3(9-4)1-10-8/h1-2H. The quantitative estimate of drug-likeness (QED) is 0.479. The molecule has 0 spiro atoms. The summed E-state index contributed by atoms with van der Waals surface area (Å²) in [6, 6.07) is 0. The highest BCUT2D eigenvalue weighted by molar-refractivity contribution is 7.65. The van der Waals surface area contributed by atoms with Crippen LogP contribution in [0.25, 0.3) is 0 Å². The van der Waals surface area contributed by atoms with Crippen molar-refractivity contribution in [3.63, 3.8) is 0 Å². The molecule has 0 saturated heterocycles. The van der Waals surface area contributed by atoms with Crippen LogP contribution in [0.2, 0.25) is 0 Å². The van der Waals surface area contributed by atoms with Gasteiger partial charge in [0.1, 0.15) is 6.33 Å². The van der Waals surface area contributed by atoms with Crippen LogP contribution in [0, 0.1) is 0 Å². The molecular weight excluding hydrogens is 156 g/mol. The fraction of sp³-hybridized carbons (Fsp3) is 0. The van der Waals surface area contributed by atoms with Gasteiger partial charge in [-0.15, -0.1) is 0 Å². The number of rotatable bonds is 1. The molecule has 5 nitrogen and oxygen atoms in total. The lowest BCUT2D eigenvalue weighted by Crippen LogP contribution is -2.05. The lowest BCUT2D eigenvalue weighted by Gasteiger charge is -1.82. The third-order valence-electron chi connectivity index (χ3n) is 0.689. The van der Waals surface area contributed by atoms with Crippen LogP contribution in [0.15, 0.2) is 15.5 Å². The molecule has 0 atom stereocenters. The highest BCUT2D eigenvalue weighted by Crippen LogP contribution is 1.76. The van der Waals surface area contributed by atoms with Crippen LogP contribution in [0.4, 0.5) is 0 Å². The van der Waals surface area contributed by atoms with E-state index >= 15 is 0 Å². The van der Waals surface area contributed by atoms with Gasteiger partial charge in [-0.05, 0) is 0 Å². The van der Waals surface area contributed by atoms with E-state index in [0.717, 1.165) is 11.7 Å². The van der Waals surface area contributed by atoms with Crippen molar-refractivity contribution in [3.8, 4) is 0 Å². The van der Waals surface area contributed by atoms with Crippen LogP contribution in [0.3, 0.4) is 0 Å². The zero-order valence-electron chi connectivity index (χ0n) is 4.68. The van der Waals surface area contributed by atoms with Gasteiger partial charge < -0.3 is 4.42 Å². The lowest BCUT2D eigenvalue weighted by atomic mass is 10.8. The Kier molecular flexibility index (Phi) is 2.06. The number of hydrogen-bond acceptors (Lipinski definition) is 5. The van der Waals surface area contributed by atoms with Crippen LogP contribution < -0.4 is 5.76 Å². The third kappa shape index (κ3) is 1.59. The predicted octanol–water partition coefficient (Wildman–Crippen LogP) is -1.21. The monoisotopic (exact) mass is 158 g/mol. The lowest BCUT2D eigenvalue weighted by molar-refractivity contribution is 0.455. The summed E-state index contributed by atoms with van der Waals surface area (Å²) >= 11 is 0.166. The number of hydrogen-bond donors (Lipinski definition) is 0. The average Bonchev–Trinajstić information content (AvgIpc) is 1.88. The van der Waals surface area contributed by atoms with E-state index in [0.29, 0.717) is 0 Å². The van der Waals surface area contributed by atoms with Crippen molar-refractivity contribution >= 4 is 16.6 Å². The maximum Gasteiger partial charge on any atom is 0.441 e. The van der Waals surface area contributed by atoms with Gasteiger partial charge in [-0.3, -0.25) is 0 Å². The summed E-state index contributed by atoms with van der Waals surface area (Å²) in [4.78, 5) is 16.9. The summed E-state index contributed by atoms with van der Waals surface area (Å²) in [5.41, 5.74) is 0. The van der Waals surface area contributed by atoms with E-state index in [1.807, 2.05) is 0 Å². The molecule has 0 unspecified atom stereocenters. The molecule has 0 aromatic carbocycles. The summed E-state index contributed by atoms with van der Waals surface area (Å²) in [5, 5.41) is 1.07. The smallest absolute Gasteiger partial charge is 0.389 e. The Labute approximate surface area is 58.8 Å². The zero-order chi connectivity index (χ0) is 7.40. The summed E-state index contributed by atoms with van der Waals surface area (Å²) in [6.45, 7) is 0. The minimum absolute atomic E-state index is 0.0139. The van der Waals surface area contributed by atoms with E-state index in [9.17, 15) is 9.00 Å². The fourth-order valence-corrected chi connectivity index (χ4v) is 0.562. The molecule has 0 N–H and O–H groups in total. The summed E-state index contributed by atoms with van der Waals surface area (Å²) in [7, 11) is 0. The molecule has 1 rings (SSSR count). The maximum absolute atomic E-state index is 10.3. The molecule has 1 heterocycles. The Morgan fingerprint density at radius 1 is 1.60 bits per heavy atom. The Hall–Kier alpha value is -1.30. The van der Waals surface area contributed by atoms with Crippen molar-refractivity contribution in [2.24, 2.45) is 0 Å². The second kappa shape index (κ2) is 3.02. The molecule has 0 radical (unpaired) electrons. The normalized spacial score (nSPS) is 8.80. The molecule has 0 amide bonds. The molecular formula is C4H2N2O3S. The zero-order valence-corrected chi connectivity index (χ0v) is 5.50. The van der Waals surface area contributed by atoms with E-state index in [-0.39, 0.29) is 17.1 Å². The van der Waals surface area contributed by atoms with Gasteiger partial charge in [0.05, 0.1) is 16.6 Å². The van der Waals surface area contributed by atoms with Gasteiger partial charge in [-0.2, -0.15) is 4.98 Å². The van der Waals surface area contributed by atoms with Gasteiger partial charge in [-0.1, -0.05) is 0 Å². The molecule has 52 valence electrons. The van der Waals surface area contributed by atoms with Crippen LogP contribution >= 0.6 is 0 Å². The van der Waals surface area contributed by atoms with E-state index in [1.54, 1.807) is 0 Å². The largest absolute Gasteiger partial charge is 0.441 e. The van der Waals surface area contributed by atoms with Crippen LogP contribution in [-0.2, 0) is 11.3 Å². The highest BCUT2D eigenvalue weighted by atomic mass is 32.1. The van der Waals surface area contributed by atoms with Crippen LogP contribution in [-0.4, -0.2) is 19.5 Å². The van der Waals surface area contributed by atoms with E-state index in [4.69, 9.17) is 0 Å². The second-order valence-corrected chi connectivity index (χ2v) is 1.72. The molecule has 10 heavy (non-hydrogen) atoms. The van der Waals surface area contributed by atoms with Crippen molar-refractivity contribution < 1.29 is 8.63 Å². The minimum atomic E-state index is -0.754. The van der Waals surface area contributed by atoms with Crippen LogP contribution in [0.1, 0.15) is 5.89 Å². The molecule has 0 bridgehead atoms. The molecule has 1 aromatic heterocycles. The van der Waals surface area contributed by atoms with E-state index in [2.05, 4.69) is 14.4 Å². The van der Waals surface area contributed by atoms with E-state index in [1.165, 1.54) is 0 Å². The summed E-state index contributed by atoms with van der Waals surface area (Å²) in [6.07, 6.45) is 1.04. The van der Waals surface area contributed by atoms with Gasteiger partial charge in [0.15, 0.2) is 0 Å². The minimum Gasteiger partial charge on any atom is -0.389 e. The Bertz CT molecular complexity index is 327. The predicted molar refractivity (Wildman–Crippen MR) is 33.9 cm³/mol. The van der Waals surface area contributed by atoms with Crippen molar-refractivity contribution in [1.29, 1.82) is 0 Å². The Balaban J connectivity index is 3.19. The van der Waals surface area contributed by atoms with Gasteiger partial charge in [0.2, 0.25) is 5.89 Å². The molecule has 0 aliphatic heterocycles. The first-order valence-corrected chi connectivity index (χ1v) is 3.07. The fourth-order valence-electron chi connectivity index (χ4n) is 0.371. The van der Waals surface area contributed by atoms with Gasteiger partial charge in [-0.25, -0.2) is 14.0 Å². The first-order valence-electron chi connectivity index (χ1n) is 2.27. The van der Waals surface area contributed by atoms with Gasteiger partial charge >= 0.3 is 5.76 Å². The molecule has 1 aromatic rings. The Morgan fingerprint density at radius 2 is 2.40 bits per heavy atom. The number of nitrogens with zero attached hydrogens (tertiary/aromatic N) is 2. The van der Waals surface area contributed by atoms with Crippen molar-refractivity contribution in [2.45, 2.75) is 0 Å².